The molecule has 0 aliphatic carbocycles. The molecule has 1 N–H and O–H groups in total. The second-order valence-electron chi connectivity index (χ2n) is 4.17. The number of nitrogens with zero attached hydrogens (tertiary/aromatic N) is 1. The molecule has 1 heterocycles. The zero-order valence-electron chi connectivity index (χ0n) is 10.4. The molecule has 7 heteroatoms. The summed E-state index contributed by atoms with van der Waals surface area (Å²) in [5, 5.41) is 9.00. The van der Waals surface area contributed by atoms with Gasteiger partial charge < -0.3 is 5.11 Å². The molecule has 0 saturated heterocycles. The summed E-state index contributed by atoms with van der Waals surface area (Å²) in [5.74, 6) is -1.24. The first-order valence-corrected chi connectivity index (χ1v) is 6.59. The number of hydrogen-bond acceptors (Lipinski definition) is 3. The number of carboxylic acid groups (broad SMARTS) is 1. The first kappa shape index (κ1) is 14.6. The van der Waals surface area contributed by atoms with Crippen LogP contribution in [0.2, 0.25) is 0 Å². The molecule has 0 radical (unpaired) electrons. The number of benzene rings is 1. The predicted octanol–water partition coefficient (Wildman–Crippen LogP) is 3.74. The molecular weight excluding hydrogens is 291 g/mol. The van der Waals surface area contributed by atoms with Gasteiger partial charge in [-0.05, 0) is 31.2 Å². The number of pyridine rings is 1. The first-order chi connectivity index (χ1) is 9.27. The number of halogens is 3. The maximum absolute atomic E-state index is 12.7. The molecule has 3 nitrogen and oxygen atoms in total. The number of thioether (sulfide) groups is 1. The van der Waals surface area contributed by atoms with Gasteiger partial charge in [0.25, 0.3) is 0 Å². The minimum atomic E-state index is -4.44. The number of rotatable bonds is 3. The molecule has 0 atom stereocenters. The van der Waals surface area contributed by atoms with Crippen molar-refractivity contribution in [1.82, 2.24) is 4.98 Å². The molecule has 0 spiro atoms. The summed E-state index contributed by atoms with van der Waals surface area (Å²) in [6.45, 7) is 1.71. The lowest BCUT2D eigenvalue weighted by Crippen LogP contribution is -2.05. The van der Waals surface area contributed by atoms with Crippen molar-refractivity contribution in [2.24, 2.45) is 0 Å². The van der Waals surface area contributed by atoms with Crippen molar-refractivity contribution in [1.29, 1.82) is 0 Å². The second kappa shape index (κ2) is 5.32. The molecule has 20 heavy (non-hydrogen) atoms. The molecule has 2 rings (SSSR count). The van der Waals surface area contributed by atoms with E-state index in [1.165, 1.54) is 6.07 Å². The Kier molecular flexibility index (Phi) is 3.89. The third-order valence-electron chi connectivity index (χ3n) is 2.58. The number of alkyl halides is 3. The molecule has 0 amide bonds. The van der Waals surface area contributed by atoms with Crippen LogP contribution >= 0.6 is 11.8 Å². The largest absolute Gasteiger partial charge is 0.481 e. The maximum Gasteiger partial charge on any atom is 0.416 e. The van der Waals surface area contributed by atoms with E-state index in [2.05, 4.69) is 4.98 Å². The first-order valence-electron chi connectivity index (χ1n) is 5.60. The highest BCUT2D eigenvalue weighted by molar-refractivity contribution is 8.00. The summed E-state index contributed by atoms with van der Waals surface area (Å²) in [6, 6.07) is 4.87. The zero-order valence-corrected chi connectivity index (χ0v) is 11.2. The van der Waals surface area contributed by atoms with Crippen LogP contribution in [-0.2, 0) is 11.0 Å². The molecule has 0 unspecified atom stereocenters. The Balaban J connectivity index is 2.56. The van der Waals surface area contributed by atoms with Crippen LogP contribution in [0.4, 0.5) is 13.2 Å². The average molecular weight is 301 g/mol. The van der Waals surface area contributed by atoms with E-state index in [1.807, 2.05) is 0 Å². The van der Waals surface area contributed by atoms with Crippen LogP contribution in [0.25, 0.3) is 10.9 Å². The summed E-state index contributed by atoms with van der Waals surface area (Å²) in [6.07, 6.45) is -4.44. The van der Waals surface area contributed by atoms with Crippen molar-refractivity contribution < 1.29 is 23.1 Å². The lowest BCUT2D eigenvalue weighted by atomic mass is 10.1. The van der Waals surface area contributed by atoms with Gasteiger partial charge in [-0.2, -0.15) is 13.2 Å². The molecular formula is C13H10F3NO2S. The van der Waals surface area contributed by atoms with Crippen LogP contribution in [0.3, 0.4) is 0 Å². The fraction of sp³-hybridized carbons (Fsp3) is 0.231. The fourth-order valence-corrected chi connectivity index (χ4v) is 2.61. The summed E-state index contributed by atoms with van der Waals surface area (Å²) >= 11 is 0.985. The second-order valence-corrected chi connectivity index (χ2v) is 5.19. The molecule has 106 valence electrons. The van der Waals surface area contributed by atoms with Gasteiger partial charge in [-0.1, -0.05) is 0 Å². The smallest absolute Gasteiger partial charge is 0.416 e. The maximum atomic E-state index is 12.7. The molecule has 1 aromatic heterocycles. The van der Waals surface area contributed by atoms with Gasteiger partial charge in [0.2, 0.25) is 0 Å². The van der Waals surface area contributed by atoms with E-state index < -0.39 is 17.7 Å². The highest BCUT2D eigenvalue weighted by Crippen LogP contribution is 2.34. The van der Waals surface area contributed by atoms with Gasteiger partial charge in [0.05, 0.1) is 16.8 Å². The summed E-state index contributed by atoms with van der Waals surface area (Å²) in [5.41, 5.74) is 0.281. The number of carboxylic acids is 1. The van der Waals surface area contributed by atoms with Gasteiger partial charge in [-0.3, -0.25) is 9.78 Å². The summed E-state index contributed by atoms with van der Waals surface area (Å²) in [7, 11) is 0. The van der Waals surface area contributed by atoms with Gasteiger partial charge in [-0.25, -0.2) is 0 Å². The number of hydrogen-bond donors (Lipinski definition) is 1. The van der Waals surface area contributed by atoms with E-state index in [0.717, 1.165) is 23.9 Å². The van der Waals surface area contributed by atoms with Crippen LogP contribution in [0, 0.1) is 6.92 Å². The quantitative estimate of drug-likeness (QED) is 0.877. The van der Waals surface area contributed by atoms with E-state index in [1.54, 1.807) is 13.0 Å². The highest BCUT2D eigenvalue weighted by atomic mass is 32.2. The summed E-state index contributed by atoms with van der Waals surface area (Å²) in [4.78, 5) is 15.2. The van der Waals surface area contributed by atoms with Gasteiger partial charge in [0, 0.05) is 16.0 Å². The Labute approximate surface area is 116 Å². The number of aromatic nitrogens is 1. The van der Waals surface area contributed by atoms with Gasteiger partial charge in [-0.15, -0.1) is 11.8 Å². The van der Waals surface area contributed by atoms with E-state index in [9.17, 15) is 18.0 Å². The fourth-order valence-electron chi connectivity index (χ4n) is 1.76. The highest BCUT2D eigenvalue weighted by Gasteiger charge is 2.30. The van der Waals surface area contributed by atoms with Crippen molar-refractivity contribution >= 4 is 28.6 Å². The third-order valence-corrected chi connectivity index (χ3v) is 3.62. The van der Waals surface area contributed by atoms with Crippen molar-refractivity contribution in [3.63, 3.8) is 0 Å². The Morgan fingerprint density at radius 3 is 2.65 bits per heavy atom. The zero-order chi connectivity index (χ0) is 14.9. The molecule has 1 aromatic carbocycles. The van der Waals surface area contributed by atoms with Crippen molar-refractivity contribution in [3.05, 3.63) is 35.5 Å². The minimum absolute atomic E-state index is 0.213. The molecule has 0 bridgehead atoms. The number of fused-ring (bicyclic) bond motifs is 1. The van der Waals surface area contributed by atoms with Crippen LogP contribution in [0.1, 0.15) is 11.3 Å². The van der Waals surface area contributed by atoms with E-state index in [0.29, 0.717) is 21.5 Å². The van der Waals surface area contributed by atoms with E-state index in [-0.39, 0.29) is 5.75 Å². The van der Waals surface area contributed by atoms with Crippen LogP contribution in [-0.4, -0.2) is 21.8 Å². The predicted molar refractivity (Wildman–Crippen MR) is 69.8 cm³/mol. The Morgan fingerprint density at radius 1 is 1.35 bits per heavy atom. The van der Waals surface area contributed by atoms with Crippen LogP contribution < -0.4 is 0 Å². The lowest BCUT2D eigenvalue weighted by molar-refractivity contribution is -0.137. The van der Waals surface area contributed by atoms with E-state index >= 15 is 0 Å². The topological polar surface area (TPSA) is 50.2 Å². The Morgan fingerprint density at radius 2 is 2.05 bits per heavy atom. The minimum Gasteiger partial charge on any atom is -0.481 e. The number of carbonyl (C=O) groups is 1. The van der Waals surface area contributed by atoms with Crippen LogP contribution in [0.15, 0.2) is 29.2 Å². The van der Waals surface area contributed by atoms with Crippen LogP contribution in [0.5, 0.6) is 0 Å². The Hall–Kier alpha value is -1.76. The monoisotopic (exact) mass is 301 g/mol. The molecule has 0 fully saturated rings. The molecule has 2 aromatic rings. The average Bonchev–Trinajstić information content (AvgIpc) is 2.33. The van der Waals surface area contributed by atoms with Crippen molar-refractivity contribution in [2.45, 2.75) is 18.0 Å². The Bertz CT molecular complexity index is 670. The van der Waals surface area contributed by atoms with E-state index in [4.69, 9.17) is 5.11 Å². The van der Waals surface area contributed by atoms with Gasteiger partial charge in [0.15, 0.2) is 0 Å². The normalized spacial score (nSPS) is 11.8. The molecule has 0 aliphatic rings. The molecule has 0 saturated carbocycles. The van der Waals surface area contributed by atoms with Crippen molar-refractivity contribution in [2.75, 3.05) is 5.75 Å². The number of aliphatic carboxylic acids is 1. The van der Waals surface area contributed by atoms with Gasteiger partial charge in [0.1, 0.15) is 0 Å². The van der Waals surface area contributed by atoms with Gasteiger partial charge >= 0.3 is 12.1 Å². The molecule has 0 aliphatic heterocycles. The standard InChI is InChI=1S/C13H10F3NO2S/c1-7-4-11(20-6-12(18)19)9-5-8(13(14,15)16)2-3-10(9)17-7/h2-5H,6H2,1H3,(H,18,19). The van der Waals surface area contributed by atoms with Crippen molar-refractivity contribution in [3.8, 4) is 0 Å². The lowest BCUT2D eigenvalue weighted by Gasteiger charge is -2.10. The SMILES string of the molecule is Cc1cc(SCC(=O)O)c2cc(C(F)(F)F)ccc2n1. The third kappa shape index (κ3) is 3.22. The number of aryl methyl sites for hydroxylation is 1. The summed E-state index contributed by atoms with van der Waals surface area (Å²) < 4.78 is 38.2.